The highest BCUT2D eigenvalue weighted by Gasteiger charge is 2.17. The van der Waals surface area contributed by atoms with Gasteiger partial charge in [0.2, 0.25) is 0 Å². The molecule has 1 heterocycles. The number of anilines is 1. The molecular weight excluding hydrogens is 216 g/mol. The van der Waals surface area contributed by atoms with Crippen molar-refractivity contribution in [2.45, 2.75) is 39.5 Å². The first-order valence-electron chi connectivity index (χ1n) is 6.33. The van der Waals surface area contributed by atoms with Crippen LogP contribution in [0.4, 0.5) is 5.88 Å². The van der Waals surface area contributed by atoms with E-state index in [1.54, 1.807) is 12.1 Å². The third-order valence-corrected chi connectivity index (χ3v) is 2.69. The Morgan fingerprint density at radius 1 is 1.24 bits per heavy atom. The Hall–Kier alpha value is -1.45. The number of nitrogens with zero attached hydrogens (tertiary/aromatic N) is 1. The molecule has 1 aromatic heterocycles. The van der Waals surface area contributed by atoms with E-state index in [1.807, 2.05) is 4.90 Å². The van der Waals surface area contributed by atoms with Crippen molar-refractivity contribution in [1.29, 1.82) is 0 Å². The molecule has 0 bridgehead atoms. The van der Waals surface area contributed by atoms with Crippen LogP contribution in [0.3, 0.4) is 0 Å². The van der Waals surface area contributed by atoms with E-state index in [2.05, 4.69) is 13.8 Å². The largest absolute Gasteiger partial charge is 0.436 e. The highest BCUT2D eigenvalue weighted by molar-refractivity contribution is 5.91. The zero-order valence-corrected chi connectivity index (χ0v) is 10.7. The molecule has 96 valence electrons. The third kappa shape index (κ3) is 4.13. The maximum absolute atomic E-state index is 12.1. The number of hydrogen-bond donors (Lipinski definition) is 1. The number of nitrogens with two attached hydrogens (primary N) is 1. The number of carbonyl (C=O) groups is 1. The second-order valence-corrected chi connectivity index (χ2v) is 4.20. The molecule has 4 heteroatoms. The van der Waals surface area contributed by atoms with Crippen LogP contribution in [0.2, 0.25) is 0 Å². The molecule has 0 aliphatic rings. The Morgan fingerprint density at radius 3 is 2.24 bits per heavy atom. The van der Waals surface area contributed by atoms with E-state index >= 15 is 0 Å². The summed E-state index contributed by atoms with van der Waals surface area (Å²) in [7, 11) is 0. The van der Waals surface area contributed by atoms with Crippen molar-refractivity contribution < 1.29 is 9.21 Å². The molecular formula is C13H22N2O2. The molecule has 0 radical (unpaired) electrons. The lowest BCUT2D eigenvalue weighted by atomic mass is 10.2. The molecule has 0 spiro atoms. The van der Waals surface area contributed by atoms with E-state index < -0.39 is 0 Å². The lowest BCUT2D eigenvalue weighted by Gasteiger charge is -2.21. The first kappa shape index (κ1) is 13.6. The number of unbranched alkanes of at least 4 members (excludes halogenated alkanes) is 2. The average molecular weight is 238 g/mol. The minimum Gasteiger partial charge on any atom is -0.436 e. The van der Waals surface area contributed by atoms with Gasteiger partial charge in [-0.05, 0) is 18.9 Å². The molecule has 0 fully saturated rings. The summed E-state index contributed by atoms with van der Waals surface area (Å²) in [4.78, 5) is 14.0. The predicted molar refractivity (Wildman–Crippen MR) is 68.8 cm³/mol. The second-order valence-electron chi connectivity index (χ2n) is 4.20. The number of rotatable bonds is 7. The molecule has 4 nitrogen and oxygen atoms in total. The van der Waals surface area contributed by atoms with Gasteiger partial charge in [0.05, 0.1) is 0 Å². The predicted octanol–water partition coefficient (Wildman–Crippen LogP) is 2.90. The van der Waals surface area contributed by atoms with Gasteiger partial charge in [-0.1, -0.05) is 26.7 Å². The molecule has 0 saturated carbocycles. The van der Waals surface area contributed by atoms with Gasteiger partial charge in [-0.2, -0.15) is 0 Å². The highest BCUT2D eigenvalue weighted by atomic mass is 16.4. The Balaban J connectivity index is 2.64. The van der Waals surface area contributed by atoms with E-state index in [9.17, 15) is 4.79 Å². The van der Waals surface area contributed by atoms with Gasteiger partial charge in [-0.25, -0.2) is 0 Å². The fraction of sp³-hybridized carbons (Fsp3) is 0.615. The minimum atomic E-state index is -0.0522. The van der Waals surface area contributed by atoms with Crippen LogP contribution in [0, 0.1) is 0 Å². The number of hydrogen-bond acceptors (Lipinski definition) is 3. The number of amides is 1. The summed E-state index contributed by atoms with van der Waals surface area (Å²) >= 11 is 0. The topological polar surface area (TPSA) is 59.5 Å². The molecule has 17 heavy (non-hydrogen) atoms. The van der Waals surface area contributed by atoms with Crippen molar-refractivity contribution in [3.8, 4) is 0 Å². The van der Waals surface area contributed by atoms with Gasteiger partial charge in [-0.3, -0.25) is 4.79 Å². The quantitative estimate of drug-likeness (QED) is 0.794. The molecule has 1 aromatic rings. The van der Waals surface area contributed by atoms with Crippen molar-refractivity contribution in [2.75, 3.05) is 18.8 Å². The fourth-order valence-corrected chi connectivity index (χ4v) is 1.64. The maximum Gasteiger partial charge on any atom is 0.289 e. The van der Waals surface area contributed by atoms with Crippen LogP contribution in [0.5, 0.6) is 0 Å². The molecule has 1 amide bonds. The van der Waals surface area contributed by atoms with Gasteiger partial charge in [0.15, 0.2) is 11.6 Å². The Morgan fingerprint density at radius 2 is 1.82 bits per heavy atom. The summed E-state index contributed by atoms with van der Waals surface area (Å²) in [6.07, 6.45) is 4.20. The van der Waals surface area contributed by atoms with E-state index in [4.69, 9.17) is 10.2 Å². The lowest BCUT2D eigenvalue weighted by Crippen LogP contribution is -2.32. The Bertz CT molecular complexity index is 339. The summed E-state index contributed by atoms with van der Waals surface area (Å²) in [6, 6.07) is 3.26. The summed E-state index contributed by atoms with van der Waals surface area (Å²) in [5, 5.41) is 0. The summed E-state index contributed by atoms with van der Waals surface area (Å²) in [5.74, 6) is 0.581. The zero-order chi connectivity index (χ0) is 12.7. The number of nitrogen functional groups attached to an aromatic ring is 1. The third-order valence-electron chi connectivity index (χ3n) is 2.69. The van der Waals surface area contributed by atoms with Gasteiger partial charge < -0.3 is 15.1 Å². The fourth-order valence-electron chi connectivity index (χ4n) is 1.64. The van der Waals surface area contributed by atoms with Gasteiger partial charge in [-0.15, -0.1) is 0 Å². The maximum atomic E-state index is 12.1. The van der Waals surface area contributed by atoms with Crippen LogP contribution in [-0.4, -0.2) is 23.9 Å². The molecule has 2 N–H and O–H groups in total. The standard InChI is InChI=1S/C13H22N2O2/c1-3-5-9-15(10-6-4-2)13(16)11-7-8-12(14)17-11/h7-8H,3-6,9-10,14H2,1-2H3. The molecule has 0 saturated heterocycles. The summed E-state index contributed by atoms with van der Waals surface area (Å²) < 4.78 is 5.17. The molecule has 1 rings (SSSR count). The minimum absolute atomic E-state index is 0.0522. The Kier molecular flexibility index (Phi) is 5.60. The molecule has 0 aliphatic carbocycles. The van der Waals surface area contributed by atoms with Gasteiger partial charge in [0.25, 0.3) is 5.91 Å². The van der Waals surface area contributed by atoms with Crippen LogP contribution in [0.1, 0.15) is 50.1 Å². The van der Waals surface area contributed by atoms with Crippen molar-refractivity contribution in [3.63, 3.8) is 0 Å². The first-order chi connectivity index (χ1) is 8.19. The van der Waals surface area contributed by atoms with Crippen molar-refractivity contribution in [1.82, 2.24) is 4.90 Å². The number of carbonyl (C=O) groups excluding carboxylic acids is 1. The Labute approximate surface area is 103 Å². The highest BCUT2D eigenvalue weighted by Crippen LogP contribution is 2.13. The van der Waals surface area contributed by atoms with Gasteiger partial charge >= 0.3 is 0 Å². The number of furan rings is 1. The first-order valence-corrected chi connectivity index (χ1v) is 6.33. The van der Waals surface area contributed by atoms with Crippen molar-refractivity contribution in [3.05, 3.63) is 17.9 Å². The second kappa shape index (κ2) is 6.99. The van der Waals surface area contributed by atoms with Gasteiger partial charge in [0.1, 0.15) is 0 Å². The summed E-state index contributed by atoms with van der Waals surface area (Å²) in [6.45, 7) is 5.81. The van der Waals surface area contributed by atoms with E-state index in [0.717, 1.165) is 38.8 Å². The van der Waals surface area contributed by atoms with E-state index in [1.165, 1.54) is 0 Å². The monoisotopic (exact) mass is 238 g/mol. The molecule has 0 aromatic carbocycles. The molecule has 0 unspecified atom stereocenters. The summed E-state index contributed by atoms with van der Waals surface area (Å²) in [5.41, 5.74) is 5.48. The van der Waals surface area contributed by atoms with Gasteiger partial charge in [0, 0.05) is 19.2 Å². The van der Waals surface area contributed by atoms with Crippen LogP contribution >= 0.6 is 0 Å². The molecule has 0 atom stereocenters. The van der Waals surface area contributed by atoms with Crippen LogP contribution in [0.15, 0.2) is 16.5 Å². The lowest BCUT2D eigenvalue weighted by molar-refractivity contribution is 0.0720. The normalized spacial score (nSPS) is 10.5. The smallest absolute Gasteiger partial charge is 0.289 e. The zero-order valence-electron chi connectivity index (χ0n) is 10.7. The van der Waals surface area contributed by atoms with E-state index in [-0.39, 0.29) is 5.91 Å². The van der Waals surface area contributed by atoms with Crippen LogP contribution in [0.25, 0.3) is 0 Å². The van der Waals surface area contributed by atoms with E-state index in [0.29, 0.717) is 11.6 Å². The van der Waals surface area contributed by atoms with Crippen LogP contribution in [-0.2, 0) is 0 Å². The van der Waals surface area contributed by atoms with Crippen molar-refractivity contribution >= 4 is 11.8 Å². The average Bonchev–Trinajstić information content (AvgIpc) is 2.75. The van der Waals surface area contributed by atoms with Crippen LogP contribution < -0.4 is 5.73 Å². The van der Waals surface area contributed by atoms with Crippen molar-refractivity contribution in [2.24, 2.45) is 0 Å². The molecule has 0 aliphatic heterocycles. The SMILES string of the molecule is CCCCN(CCCC)C(=O)c1ccc(N)o1.